The predicted octanol–water partition coefficient (Wildman–Crippen LogP) is 0.459. The molecule has 0 atom stereocenters. The van der Waals surface area contributed by atoms with Gasteiger partial charge in [-0.1, -0.05) is 0 Å². The predicted molar refractivity (Wildman–Crippen MR) is 68.9 cm³/mol. The number of sulfonamides is 1. The van der Waals surface area contributed by atoms with Gasteiger partial charge in [0.25, 0.3) is 5.91 Å². The quantitative estimate of drug-likeness (QED) is 0.858. The van der Waals surface area contributed by atoms with Crippen molar-refractivity contribution in [1.29, 1.82) is 0 Å². The largest absolute Gasteiger partial charge is 0.340 e. The van der Waals surface area contributed by atoms with Crippen LogP contribution in [0.25, 0.3) is 0 Å². The van der Waals surface area contributed by atoms with Gasteiger partial charge in [-0.15, -0.1) is 0 Å². The second-order valence-corrected chi connectivity index (χ2v) is 5.60. The minimum atomic E-state index is -4.13. The molecule has 0 unspecified atom stereocenters. The molecule has 0 bridgehead atoms. The average Bonchev–Trinajstić information content (AvgIpc) is 2.74. The fourth-order valence-corrected chi connectivity index (χ4v) is 2.12. The number of amides is 1. The Hall–Kier alpha value is -2.26. The van der Waals surface area contributed by atoms with Crippen molar-refractivity contribution in [3.63, 3.8) is 0 Å². The van der Waals surface area contributed by atoms with Crippen LogP contribution in [0.5, 0.6) is 0 Å². The number of rotatable bonds is 3. The van der Waals surface area contributed by atoms with E-state index in [9.17, 15) is 17.6 Å². The average molecular weight is 298 g/mol. The van der Waals surface area contributed by atoms with E-state index in [0.29, 0.717) is 0 Å². The molecule has 0 fully saturated rings. The summed E-state index contributed by atoms with van der Waals surface area (Å²) in [5.41, 5.74) is 0.258. The first-order chi connectivity index (χ1) is 9.27. The summed E-state index contributed by atoms with van der Waals surface area (Å²) in [4.78, 5) is 15.0. The summed E-state index contributed by atoms with van der Waals surface area (Å²) in [7, 11) is -2.43. The monoisotopic (exact) mass is 298 g/mol. The molecule has 0 saturated heterocycles. The number of aromatic nitrogens is 2. The number of primary sulfonamides is 1. The molecule has 1 aromatic heterocycles. The molecule has 2 rings (SSSR count). The van der Waals surface area contributed by atoms with Crippen LogP contribution in [0, 0.1) is 5.82 Å². The lowest BCUT2D eigenvalue weighted by Gasteiger charge is -2.05. The van der Waals surface area contributed by atoms with Crippen LogP contribution in [-0.4, -0.2) is 23.9 Å². The van der Waals surface area contributed by atoms with Gasteiger partial charge in [0, 0.05) is 18.9 Å². The Labute approximate surface area is 114 Å². The highest BCUT2D eigenvalue weighted by Crippen LogP contribution is 2.18. The lowest BCUT2D eigenvalue weighted by Crippen LogP contribution is -2.15. The van der Waals surface area contributed by atoms with Crippen molar-refractivity contribution >= 4 is 21.6 Å². The number of carbonyl (C=O) groups is 1. The molecule has 20 heavy (non-hydrogen) atoms. The number of nitrogens with two attached hydrogens (primary N) is 1. The number of halogens is 1. The van der Waals surface area contributed by atoms with Crippen LogP contribution in [0.2, 0.25) is 0 Å². The van der Waals surface area contributed by atoms with Gasteiger partial charge in [0.2, 0.25) is 10.0 Å². The molecule has 0 saturated carbocycles. The zero-order chi connectivity index (χ0) is 14.9. The molecule has 1 aromatic carbocycles. The van der Waals surface area contributed by atoms with Gasteiger partial charge in [-0.05, 0) is 18.2 Å². The highest BCUT2D eigenvalue weighted by Gasteiger charge is 2.16. The fourth-order valence-electron chi connectivity index (χ4n) is 1.53. The molecule has 1 heterocycles. The van der Waals surface area contributed by atoms with E-state index in [1.165, 1.54) is 18.6 Å². The third-order valence-electron chi connectivity index (χ3n) is 2.43. The Balaban J connectivity index is 2.23. The first-order valence-corrected chi connectivity index (χ1v) is 6.93. The maximum atomic E-state index is 13.6. The van der Waals surface area contributed by atoms with E-state index in [-0.39, 0.29) is 11.4 Å². The lowest BCUT2D eigenvalue weighted by molar-refractivity contribution is 0.102. The van der Waals surface area contributed by atoms with E-state index in [1.807, 2.05) is 0 Å². The topological polar surface area (TPSA) is 107 Å². The molecular formula is C11H11FN4O3S. The zero-order valence-electron chi connectivity index (χ0n) is 10.4. The van der Waals surface area contributed by atoms with Crippen molar-refractivity contribution in [3.8, 4) is 0 Å². The third kappa shape index (κ3) is 3.00. The maximum absolute atomic E-state index is 13.6. The van der Waals surface area contributed by atoms with Crippen LogP contribution in [0.1, 0.15) is 10.5 Å². The van der Waals surface area contributed by atoms with Gasteiger partial charge in [-0.3, -0.25) is 4.79 Å². The number of anilines is 1. The Morgan fingerprint density at radius 1 is 1.45 bits per heavy atom. The summed E-state index contributed by atoms with van der Waals surface area (Å²) in [6.45, 7) is 0. The van der Waals surface area contributed by atoms with Crippen molar-refractivity contribution in [2.75, 3.05) is 5.32 Å². The Kier molecular flexibility index (Phi) is 3.55. The van der Waals surface area contributed by atoms with Crippen molar-refractivity contribution in [2.45, 2.75) is 4.90 Å². The van der Waals surface area contributed by atoms with Crippen LogP contribution < -0.4 is 10.5 Å². The van der Waals surface area contributed by atoms with Gasteiger partial charge in [0.15, 0.2) is 0 Å². The van der Waals surface area contributed by atoms with Crippen LogP contribution in [-0.2, 0) is 17.1 Å². The second-order valence-electron chi connectivity index (χ2n) is 4.07. The van der Waals surface area contributed by atoms with E-state index in [0.717, 1.165) is 12.1 Å². The van der Waals surface area contributed by atoms with E-state index >= 15 is 0 Å². The zero-order valence-corrected chi connectivity index (χ0v) is 11.2. The summed E-state index contributed by atoms with van der Waals surface area (Å²) in [6.07, 6.45) is 2.93. The van der Waals surface area contributed by atoms with Crippen LogP contribution >= 0.6 is 0 Å². The van der Waals surface area contributed by atoms with Crippen molar-refractivity contribution < 1.29 is 17.6 Å². The Morgan fingerprint density at radius 3 is 2.65 bits per heavy atom. The van der Waals surface area contributed by atoms with Gasteiger partial charge in [-0.2, -0.15) is 0 Å². The molecular weight excluding hydrogens is 287 g/mol. The van der Waals surface area contributed by atoms with Gasteiger partial charge in [0.05, 0.1) is 6.33 Å². The molecule has 9 heteroatoms. The van der Waals surface area contributed by atoms with E-state index in [4.69, 9.17) is 5.14 Å². The van der Waals surface area contributed by atoms with Crippen molar-refractivity contribution in [2.24, 2.45) is 12.2 Å². The highest BCUT2D eigenvalue weighted by atomic mass is 32.2. The van der Waals surface area contributed by atoms with Gasteiger partial charge in [-0.25, -0.2) is 22.9 Å². The Morgan fingerprint density at radius 2 is 2.15 bits per heavy atom. The summed E-state index contributed by atoms with van der Waals surface area (Å²) in [5.74, 6) is -1.57. The molecule has 7 nitrogen and oxygen atoms in total. The smallest absolute Gasteiger partial charge is 0.275 e. The lowest BCUT2D eigenvalue weighted by atomic mass is 10.3. The number of benzene rings is 1. The van der Waals surface area contributed by atoms with Gasteiger partial charge in [0.1, 0.15) is 16.4 Å². The SMILES string of the molecule is Cn1cnc(C(=O)Nc2ccc(S(N)(=O)=O)c(F)c2)c1. The number of carbonyl (C=O) groups excluding carboxylic acids is 1. The molecule has 2 aromatic rings. The number of nitrogens with one attached hydrogen (secondary N) is 1. The Bertz CT molecular complexity index is 770. The van der Waals surface area contributed by atoms with Crippen LogP contribution in [0.3, 0.4) is 0 Å². The number of hydrogen-bond donors (Lipinski definition) is 2. The normalized spacial score (nSPS) is 11.3. The standard InChI is InChI=1S/C11H11FN4O3S/c1-16-5-9(14-6-16)11(17)15-7-2-3-10(8(12)4-7)20(13,18)19/h2-6H,1H3,(H,15,17)(H2,13,18,19). The molecule has 0 aliphatic heterocycles. The minimum absolute atomic E-state index is 0.102. The molecule has 0 aliphatic carbocycles. The number of hydrogen-bond acceptors (Lipinski definition) is 4. The van der Waals surface area contributed by atoms with Crippen molar-refractivity contribution in [3.05, 3.63) is 42.2 Å². The fraction of sp³-hybridized carbons (Fsp3) is 0.0909. The van der Waals surface area contributed by atoms with Crippen LogP contribution in [0.4, 0.5) is 10.1 Å². The summed E-state index contributed by atoms with van der Waals surface area (Å²) < 4.78 is 37.3. The summed E-state index contributed by atoms with van der Waals surface area (Å²) in [6, 6.07) is 3.10. The highest BCUT2D eigenvalue weighted by molar-refractivity contribution is 7.89. The van der Waals surface area contributed by atoms with Gasteiger partial charge >= 0.3 is 0 Å². The first-order valence-electron chi connectivity index (χ1n) is 5.39. The molecule has 0 radical (unpaired) electrons. The molecule has 1 amide bonds. The molecule has 0 aliphatic rings. The maximum Gasteiger partial charge on any atom is 0.275 e. The van der Waals surface area contributed by atoms with E-state index < -0.39 is 26.6 Å². The number of aryl methyl sites for hydroxylation is 1. The first kappa shape index (κ1) is 14.2. The number of imidazole rings is 1. The number of nitrogens with zero attached hydrogens (tertiary/aromatic N) is 2. The second kappa shape index (κ2) is 5.02. The molecule has 106 valence electrons. The van der Waals surface area contributed by atoms with E-state index in [2.05, 4.69) is 10.3 Å². The van der Waals surface area contributed by atoms with Crippen molar-refractivity contribution in [1.82, 2.24) is 9.55 Å². The third-order valence-corrected chi connectivity index (χ3v) is 3.38. The summed E-state index contributed by atoms with van der Waals surface area (Å²) in [5, 5.41) is 7.24. The van der Waals surface area contributed by atoms with E-state index in [1.54, 1.807) is 11.6 Å². The molecule has 3 N–H and O–H groups in total. The van der Waals surface area contributed by atoms with Crippen LogP contribution in [0.15, 0.2) is 35.6 Å². The minimum Gasteiger partial charge on any atom is -0.340 e. The molecule has 0 spiro atoms. The van der Waals surface area contributed by atoms with Gasteiger partial charge < -0.3 is 9.88 Å². The summed E-state index contributed by atoms with van der Waals surface area (Å²) >= 11 is 0.